The largest absolute Gasteiger partial charge is 0.353 e. The Morgan fingerprint density at radius 2 is 1.87 bits per heavy atom. The van der Waals surface area contributed by atoms with Gasteiger partial charge in [-0.3, -0.25) is 9.59 Å². The molecule has 3 rings (SSSR count). The Morgan fingerprint density at radius 1 is 1.17 bits per heavy atom. The van der Waals surface area contributed by atoms with Crippen molar-refractivity contribution in [2.75, 3.05) is 31.1 Å². The van der Waals surface area contributed by atoms with Crippen molar-refractivity contribution in [1.82, 2.24) is 15.2 Å². The lowest BCUT2D eigenvalue weighted by Gasteiger charge is -2.37. The van der Waals surface area contributed by atoms with Crippen LogP contribution in [0.5, 0.6) is 0 Å². The van der Waals surface area contributed by atoms with Gasteiger partial charge in [0.25, 0.3) is 0 Å². The first-order valence-corrected chi connectivity index (χ1v) is 8.29. The van der Waals surface area contributed by atoms with Gasteiger partial charge in [0.2, 0.25) is 11.8 Å². The van der Waals surface area contributed by atoms with Crippen molar-refractivity contribution < 1.29 is 9.59 Å². The average molecular weight is 316 g/mol. The van der Waals surface area contributed by atoms with E-state index in [1.54, 1.807) is 6.20 Å². The number of carbonyl (C=O) groups excluding carboxylic acids is 2. The van der Waals surface area contributed by atoms with Gasteiger partial charge in [0.05, 0.1) is 0 Å². The van der Waals surface area contributed by atoms with Crippen LogP contribution >= 0.6 is 0 Å². The number of aromatic nitrogens is 1. The number of nitrogens with one attached hydrogen (secondary N) is 1. The molecule has 0 spiro atoms. The van der Waals surface area contributed by atoms with Crippen molar-refractivity contribution in [3.8, 4) is 0 Å². The predicted molar refractivity (Wildman–Crippen MR) is 88.0 cm³/mol. The molecule has 2 heterocycles. The minimum absolute atomic E-state index is 0.00341. The maximum Gasteiger partial charge on any atom is 0.238 e. The molecular weight excluding hydrogens is 292 g/mol. The molecule has 1 N–H and O–H groups in total. The minimum Gasteiger partial charge on any atom is -0.353 e. The number of carbonyl (C=O) groups is 2. The zero-order valence-corrected chi connectivity index (χ0v) is 13.8. The molecule has 1 saturated carbocycles. The van der Waals surface area contributed by atoms with Gasteiger partial charge in [-0.1, -0.05) is 6.07 Å². The van der Waals surface area contributed by atoms with Crippen molar-refractivity contribution in [2.45, 2.75) is 32.7 Å². The molecule has 1 aliphatic carbocycles. The first-order valence-electron chi connectivity index (χ1n) is 8.29. The molecule has 2 aliphatic rings. The number of nitrogens with zero attached hydrogens (tertiary/aromatic N) is 3. The minimum atomic E-state index is -0.794. The molecule has 2 fully saturated rings. The Bertz CT molecular complexity index is 576. The van der Waals surface area contributed by atoms with E-state index in [-0.39, 0.29) is 17.9 Å². The van der Waals surface area contributed by atoms with Gasteiger partial charge in [0, 0.05) is 38.4 Å². The van der Waals surface area contributed by atoms with Crippen LogP contribution in [-0.4, -0.2) is 53.9 Å². The predicted octanol–water partition coefficient (Wildman–Crippen LogP) is 1.03. The Hall–Kier alpha value is -2.11. The molecule has 124 valence electrons. The highest BCUT2D eigenvalue weighted by molar-refractivity contribution is 6.08. The van der Waals surface area contributed by atoms with Crippen LogP contribution < -0.4 is 10.2 Å². The monoisotopic (exact) mass is 316 g/mol. The third kappa shape index (κ3) is 3.16. The number of hydrogen-bond acceptors (Lipinski definition) is 4. The third-order valence-corrected chi connectivity index (χ3v) is 4.55. The molecule has 1 saturated heterocycles. The van der Waals surface area contributed by atoms with Gasteiger partial charge < -0.3 is 15.1 Å². The quantitative estimate of drug-likeness (QED) is 0.843. The van der Waals surface area contributed by atoms with Crippen LogP contribution in [0.25, 0.3) is 0 Å². The van der Waals surface area contributed by atoms with Gasteiger partial charge >= 0.3 is 0 Å². The highest BCUT2D eigenvalue weighted by Crippen LogP contribution is 2.47. The molecule has 2 amide bonds. The zero-order valence-electron chi connectivity index (χ0n) is 13.8. The van der Waals surface area contributed by atoms with Crippen LogP contribution in [0.4, 0.5) is 5.82 Å². The lowest BCUT2D eigenvalue weighted by molar-refractivity contribution is -0.144. The number of rotatable bonds is 4. The van der Waals surface area contributed by atoms with Crippen LogP contribution in [0.3, 0.4) is 0 Å². The Balaban J connectivity index is 1.59. The normalized spacial score (nSPS) is 19.6. The molecule has 1 aromatic heterocycles. The Labute approximate surface area is 136 Å². The van der Waals surface area contributed by atoms with E-state index in [0.717, 1.165) is 18.9 Å². The smallest absolute Gasteiger partial charge is 0.238 e. The van der Waals surface area contributed by atoms with Crippen LogP contribution in [0.15, 0.2) is 24.4 Å². The molecule has 0 bridgehead atoms. The summed E-state index contributed by atoms with van der Waals surface area (Å²) in [5, 5.41) is 2.89. The van der Waals surface area contributed by atoms with Crippen molar-refractivity contribution >= 4 is 17.6 Å². The number of piperazine rings is 1. The van der Waals surface area contributed by atoms with E-state index in [1.165, 1.54) is 0 Å². The second-order valence-corrected chi connectivity index (χ2v) is 6.68. The molecule has 6 nitrogen and oxygen atoms in total. The first kappa shape index (κ1) is 15.8. The maximum atomic E-state index is 12.8. The fourth-order valence-corrected chi connectivity index (χ4v) is 3.05. The summed E-state index contributed by atoms with van der Waals surface area (Å²) >= 11 is 0. The number of pyridine rings is 1. The summed E-state index contributed by atoms with van der Waals surface area (Å²) in [5.41, 5.74) is -0.794. The van der Waals surface area contributed by atoms with E-state index in [1.807, 2.05) is 36.9 Å². The van der Waals surface area contributed by atoms with E-state index in [0.29, 0.717) is 25.9 Å². The molecular formula is C17H24N4O2. The summed E-state index contributed by atoms with van der Waals surface area (Å²) in [7, 11) is 0. The van der Waals surface area contributed by atoms with Gasteiger partial charge in [-0.25, -0.2) is 4.98 Å². The highest BCUT2D eigenvalue weighted by Gasteiger charge is 2.58. The summed E-state index contributed by atoms with van der Waals surface area (Å²) in [6.45, 7) is 6.64. The van der Waals surface area contributed by atoms with E-state index in [4.69, 9.17) is 0 Å². The SMILES string of the molecule is CC(C)NC(=O)C1(C(=O)N2CCN(c3ccccn3)CC2)CC1. The molecule has 23 heavy (non-hydrogen) atoms. The molecule has 1 aliphatic heterocycles. The average Bonchev–Trinajstić information content (AvgIpc) is 3.36. The van der Waals surface area contributed by atoms with Crippen LogP contribution in [0, 0.1) is 5.41 Å². The van der Waals surface area contributed by atoms with Crippen LogP contribution in [0.1, 0.15) is 26.7 Å². The molecule has 0 unspecified atom stereocenters. The zero-order chi connectivity index (χ0) is 16.4. The second-order valence-electron chi connectivity index (χ2n) is 6.68. The van der Waals surface area contributed by atoms with Crippen molar-refractivity contribution in [1.29, 1.82) is 0 Å². The van der Waals surface area contributed by atoms with Crippen LogP contribution in [-0.2, 0) is 9.59 Å². The molecule has 0 aromatic carbocycles. The fraction of sp³-hybridized carbons (Fsp3) is 0.588. The van der Waals surface area contributed by atoms with E-state index in [2.05, 4.69) is 15.2 Å². The Kier molecular flexibility index (Phi) is 4.24. The molecule has 1 aromatic rings. The van der Waals surface area contributed by atoms with Crippen LogP contribution in [0.2, 0.25) is 0 Å². The topological polar surface area (TPSA) is 65.5 Å². The van der Waals surface area contributed by atoms with Crippen molar-refractivity contribution in [3.63, 3.8) is 0 Å². The lowest BCUT2D eigenvalue weighted by Crippen LogP contribution is -2.53. The van der Waals surface area contributed by atoms with Gasteiger partial charge in [0.1, 0.15) is 11.2 Å². The summed E-state index contributed by atoms with van der Waals surface area (Å²) in [6, 6.07) is 5.91. The van der Waals surface area contributed by atoms with Gasteiger partial charge in [-0.15, -0.1) is 0 Å². The fourth-order valence-electron chi connectivity index (χ4n) is 3.05. The van der Waals surface area contributed by atoms with Crippen molar-refractivity contribution in [2.24, 2.45) is 5.41 Å². The standard InChI is InChI=1S/C17H24N4O2/c1-13(2)19-15(22)17(6-7-17)16(23)21-11-9-20(10-12-21)14-5-3-4-8-18-14/h3-5,8,13H,6-7,9-12H2,1-2H3,(H,19,22). The molecule has 0 atom stereocenters. The highest BCUT2D eigenvalue weighted by atomic mass is 16.2. The summed E-state index contributed by atoms with van der Waals surface area (Å²) in [5.74, 6) is 0.833. The first-order chi connectivity index (χ1) is 11.0. The van der Waals surface area contributed by atoms with E-state index < -0.39 is 5.41 Å². The van der Waals surface area contributed by atoms with Gasteiger partial charge in [-0.2, -0.15) is 0 Å². The van der Waals surface area contributed by atoms with Crippen molar-refractivity contribution in [3.05, 3.63) is 24.4 Å². The molecule has 6 heteroatoms. The number of amides is 2. The van der Waals surface area contributed by atoms with E-state index >= 15 is 0 Å². The number of anilines is 1. The number of hydrogen-bond donors (Lipinski definition) is 1. The second kappa shape index (κ2) is 6.18. The van der Waals surface area contributed by atoms with Gasteiger partial charge in [-0.05, 0) is 38.8 Å². The molecule has 0 radical (unpaired) electrons. The maximum absolute atomic E-state index is 12.8. The van der Waals surface area contributed by atoms with E-state index in [9.17, 15) is 9.59 Å². The summed E-state index contributed by atoms with van der Waals surface area (Å²) in [4.78, 5) is 33.5. The lowest BCUT2D eigenvalue weighted by atomic mass is 10.0. The Morgan fingerprint density at radius 3 is 2.39 bits per heavy atom. The third-order valence-electron chi connectivity index (χ3n) is 4.55. The summed E-state index contributed by atoms with van der Waals surface area (Å²) in [6.07, 6.45) is 3.12. The van der Waals surface area contributed by atoms with Gasteiger partial charge in [0.15, 0.2) is 0 Å². The summed E-state index contributed by atoms with van der Waals surface area (Å²) < 4.78 is 0.